The van der Waals surface area contributed by atoms with E-state index in [0.29, 0.717) is 24.3 Å². The third-order valence-electron chi connectivity index (χ3n) is 4.46. The van der Waals surface area contributed by atoms with Crippen LogP contribution in [0, 0.1) is 0 Å². The largest absolute Gasteiger partial charge is 0.508 e. The van der Waals surface area contributed by atoms with Crippen molar-refractivity contribution in [2.24, 2.45) is 0 Å². The number of aromatic nitrogens is 2. The molecular formula is C24H24N4O3. The van der Waals surface area contributed by atoms with Crippen LogP contribution in [0.15, 0.2) is 72.9 Å². The zero-order valence-electron chi connectivity index (χ0n) is 16.9. The summed E-state index contributed by atoms with van der Waals surface area (Å²) in [4.78, 5) is 18.2. The lowest BCUT2D eigenvalue weighted by molar-refractivity contribution is -0.108. The van der Waals surface area contributed by atoms with Crippen LogP contribution in [0.25, 0.3) is 22.2 Å². The van der Waals surface area contributed by atoms with Crippen molar-refractivity contribution in [3.8, 4) is 17.0 Å². The maximum atomic E-state index is 9.43. The summed E-state index contributed by atoms with van der Waals surface area (Å²) in [5.41, 5.74) is 10.5. The Hall–Kier alpha value is -3.97. The predicted molar refractivity (Wildman–Crippen MR) is 123 cm³/mol. The lowest BCUT2D eigenvalue weighted by Crippen LogP contribution is -2.05. The second-order valence-corrected chi connectivity index (χ2v) is 6.74. The topological polar surface area (TPSA) is 121 Å². The van der Waals surface area contributed by atoms with Gasteiger partial charge in [-0.2, -0.15) is 0 Å². The number of nitrogens with two attached hydrogens (primary N) is 1. The van der Waals surface area contributed by atoms with Crippen LogP contribution in [0.1, 0.15) is 12.0 Å². The molecule has 31 heavy (non-hydrogen) atoms. The minimum Gasteiger partial charge on any atom is -0.508 e. The third-order valence-corrected chi connectivity index (χ3v) is 4.46. The first-order valence-electron chi connectivity index (χ1n) is 9.78. The molecule has 2 aromatic heterocycles. The molecule has 0 aliphatic heterocycles. The van der Waals surface area contributed by atoms with Crippen LogP contribution in [0.5, 0.6) is 5.75 Å². The molecule has 0 aliphatic rings. The normalized spacial score (nSPS) is 10.2. The number of carbonyl (C=O) groups is 1. The van der Waals surface area contributed by atoms with Gasteiger partial charge in [0.1, 0.15) is 17.9 Å². The lowest BCUT2D eigenvalue weighted by Gasteiger charge is -2.11. The summed E-state index contributed by atoms with van der Waals surface area (Å²) in [7, 11) is 0. The van der Waals surface area contributed by atoms with Gasteiger partial charge in [-0.25, -0.2) is 4.98 Å². The van der Waals surface area contributed by atoms with Crippen molar-refractivity contribution >= 4 is 28.7 Å². The average Bonchev–Trinajstić information content (AvgIpc) is 2.80. The van der Waals surface area contributed by atoms with Crippen LogP contribution >= 0.6 is 0 Å². The highest BCUT2D eigenvalue weighted by atomic mass is 16.3. The van der Waals surface area contributed by atoms with E-state index >= 15 is 0 Å². The molecule has 2 aromatic carbocycles. The molecule has 7 heteroatoms. The van der Waals surface area contributed by atoms with E-state index in [2.05, 4.69) is 21.4 Å². The highest BCUT2D eigenvalue weighted by Gasteiger charge is 2.06. The number of phenolic OH excluding ortho intramolecular Hbond substituents is 1. The van der Waals surface area contributed by atoms with E-state index in [9.17, 15) is 9.90 Å². The van der Waals surface area contributed by atoms with E-state index in [1.807, 2.05) is 48.5 Å². The lowest BCUT2D eigenvalue weighted by atomic mass is 10.1. The summed E-state index contributed by atoms with van der Waals surface area (Å²) in [6.45, 7) is 0.588. The summed E-state index contributed by atoms with van der Waals surface area (Å²) in [5.74, 6) is 0.871. The molecule has 0 bridgehead atoms. The van der Waals surface area contributed by atoms with Crippen LogP contribution in [-0.2, 0) is 11.3 Å². The van der Waals surface area contributed by atoms with E-state index < -0.39 is 0 Å². The monoisotopic (exact) mass is 416 g/mol. The number of nitrogen functional groups attached to an aromatic ring is 1. The van der Waals surface area contributed by atoms with Crippen LogP contribution in [-0.4, -0.2) is 33.1 Å². The molecule has 0 saturated heterocycles. The summed E-state index contributed by atoms with van der Waals surface area (Å²) in [6.07, 6.45) is 2.74. The minimum absolute atomic E-state index is 0.0243. The highest BCUT2D eigenvalue weighted by molar-refractivity contribution is 5.79. The van der Waals surface area contributed by atoms with Crippen LogP contribution in [0.3, 0.4) is 0 Å². The van der Waals surface area contributed by atoms with Crippen molar-refractivity contribution in [1.82, 2.24) is 9.97 Å². The number of nitrogens with one attached hydrogen (secondary N) is 1. The van der Waals surface area contributed by atoms with E-state index in [1.54, 1.807) is 18.3 Å². The van der Waals surface area contributed by atoms with E-state index in [0.717, 1.165) is 27.7 Å². The van der Waals surface area contributed by atoms with Crippen molar-refractivity contribution in [3.63, 3.8) is 0 Å². The number of aliphatic hydroxyl groups is 1. The molecule has 0 unspecified atom stereocenters. The first kappa shape index (κ1) is 21.7. The van der Waals surface area contributed by atoms with Gasteiger partial charge < -0.3 is 26.1 Å². The van der Waals surface area contributed by atoms with Crippen LogP contribution in [0.4, 0.5) is 11.5 Å². The number of aldehydes is 1. The number of rotatable bonds is 6. The number of benzene rings is 2. The Balaban J connectivity index is 0.000000491. The zero-order chi connectivity index (χ0) is 22.1. The van der Waals surface area contributed by atoms with Gasteiger partial charge in [-0.15, -0.1) is 0 Å². The number of hydrogen-bond acceptors (Lipinski definition) is 7. The quantitative estimate of drug-likeness (QED) is 0.353. The molecule has 158 valence electrons. The molecule has 0 radical (unpaired) electrons. The molecule has 2 heterocycles. The number of pyridine rings is 2. The Labute approximate surface area is 180 Å². The van der Waals surface area contributed by atoms with Gasteiger partial charge >= 0.3 is 0 Å². The smallest absolute Gasteiger partial charge is 0.150 e. The number of aliphatic hydroxyl groups excluding tert-OH is 1. The summed E-state index contributed by atoms with van der Waals surface area (Å²) >= 11 is 0. The summed E-state index contributed by atoms with van der Waals surface area (Å²) < 4.78 is 0. The van der Waals surface area contributed by atoms with E-state index in [1.165, 1.54) is 0 Å². The Morgan fingerprint density at radius 2 is 1.84 bits per heavy atom. The third kappa shape index (κ3) is 6.01. The minimum atomic E-state index is -0.0243. The molecule has 0 fully saturated rings. The Morgan fingerprint density at radius 3 is 2.55 bits per heavy atom. The maximum Gasteiger partial charge on any atom is 0.150 e. The number of nitrogens with zero attached hydrogens (tertiary/aromatic N) is 2. The first-order chi connectivity index (χ1) is 15.1. The van der Waals surface area contributed by atoms with Gasteiger partial charge in [-0.3, -0.25) is 4.98 Å². The molecule has 0 aliphatic carbocycles. The molecule has 5 N–H and O–H groups in total. The van der Waals surface area contributed by atoms with Gasteiger partial charge in [0, 0.05) is 36.7 Å². The van der Waals surface area contributed by atoms with Gasteiger partial charge in [0.05, 0.1) is 16.9 Å². The van der Waals surface area contributed by atoms with Gasteiger partial charge in [0.15, 0.2) is 0 Å². The van der Waals surface area contributed by atoms with Gasteiger partial charge in [-0.05, 0) is 60.2 Å². The van der Waals surface area contributed by atoms with E-state index in [4.69, 9.17) is 10.8 Å². The van der Waals surface area contributed by atoms with Crippen molar-refractivity contribution in [1.29, 1.82) is 0 Å². The molecule has 0 atom stereocenters. The van der Waals surface area contributed by atoms with Crippen molar-refractivity contribution in [3.05, 3.63) is 78.5 Å². The molecule has 4 aromatic rings. The molecule has 0 spiro atoms. The zero-order valence-corrected chi connectivity index (χ0v) is 16.9. The fourth-order valence-electron chi connectivity index (χ4n) is 2.88. The number of fused-ring (bicyclic) bond motifs is 1. The number of carbonyl (C=O) groups excluding carboxylic acids is 1. The van der Waals surface area contributed by atoms with Gasteiger partial charge in [0.2, 0.25) is 0 Å². The summed E-state index contributed by atoms with van der Waals surface area (Å²) in [5, 5.41) is 21.7. The van der Waals surface area contributed by atoms with Crippen LogP contribution in [0.2, 0.25) is 0 Å². The number of anilines is 2. The van der Waals surface area contributed by atoms with Gasteiger partial charge in [-0.1, -0.05) is 12.1 Å². The SMILES string of the molecule is Nc1ccc(-c2ccc(O)cc2)nc1NCc1ccc2ncccc2c1.O=CCCO. The second kappa shape index (κ2) is 10.7. The number of phenols is 1. The highest BCUT2D eigenvalue weighted by Crippen LogP contribution is 2.25. The Morgan fingerprint density at radius 1 is 1.03 bits per heavy atom. The Kier molecular flexibility index (Phi) is 7.50. The van der Waals surface area contributed by atoms with E-state index in [-0.39, 0.29) is 18.8 Å². The molecule has 4 rings (SSSR count). The molecule has 7 nitrogen and oxygen atoms in total. The first-order valence-corrected chi connectivity index (χ1v) is 9.78. The number of aromatic hydroxyl groups is 1. The molecular weight excluding hydrogens is 392 g/mol. The Bertz CT molecular complexity index is 1150. The fraction of sp³-hybridized carbons (Fsp3) is 0.125. The van der Waals surface area contributed by atoms with Crippen molar-refractivity contribution in [2.75, 3.05) is 17.7 Å². The maximum absolute atomic E-state index is 9.43. The molecule has 0 amide bonds. The fourth-order valence-corrected chi connectivity index (χ4v) is 2.88. The van der Waals surface area contributed by atoms with Gasteiger partial charge in [0.25, 0.3) is 0 Å². The van der Waals surface area contributed by atoms with Crippen LogP contribution < -0.4 is 11.1 Å². The summed E-state index contributed by atoms with van der Waals surface area (Å²) in [6, 6.07) is 20.8. The predicted octanol–water partition coefficient (Wildman–Crippen LogP) is 3.76. The molecule has 0 saturated carbocycles. The van der Waals surface area contributed by atoms with Crippen molar-refractivity contribution < 1.29 is 15.0 Å². The van der Waals surface area contributed by atoms with Crippen molar-refractivity contribution in [2.45, 2.75) is 13.0 Å². The average molecular weight is 416 g/mol. The second-order valence-electron chi connectivity index (χ2n) is 6.74. The number of hydrogen-bond donors (Lipinski definition) is 4. The standard InChI is InChI=1S/C21H18N4O.C3H6O2/c22-18-8-10-20(15-4-6-17(26)7-5-15)25-21(18)24-13-14-3-9-19-16(12-14)2-1-11-23-19;4-2-1-3-5/h1-12,26H,13,22H2,(H,24,25);2,5H,1,3H2.